The SMILES string of the molecule is Cc1ccc(NC(=O)C(=O)NCC2(O)CSCCSC2)cc1Cl. The van der Waals surface area contributed by atoms with Crippen LogP contribution in [0.3, 0.4) is 0 Å². The van der Waals surface area contributed by atoms with Gasteiger partial charge in [-0.1, -0.05) is 17.7 Å². The third-order valence-corrected chi connectivity index (χ3v) is 6.46. The Balaban J connectivity index is 1.87. The first-order chi connectivity index (χ1) is 10.9. The highest BCUT2D eigenvalue weighted by Crippen LogP contribution is 2.24. The molecule has 0 radical (unpaired) electrons. The maximum absolute atomic E-state index is 11.9. The van der Waals surface area contributed by atoms with E-state index in [2.05, 4.69) is 10.6 Å². The lowest BCUT2D eigenvalue weighted by molar-refractivity contribution is -0.136. The number of halogens is 1. The number of aliphatic hydroxyl groups is 1. The van der Waals surface area contributed by atoms with Crippen LogP contribution < -0.4 is 10.6 Å². The third kappa shape index (κ3) is 5.60. The Morgan fingerprint density at radius 3 is 2.52 bits per heavy atom. The number of amides is 2. The topological polar surface area (TPSA) is 78.4 Å². The standard InChI is InChI=1S/C15H19ClN2O3S2/c1-10-2-3-11(6-12(10)16)18-14(20)13(19)17-7-15(21)8-22-4-5-23-9-15/h2-3,6,21H,4-5,7-9H2,1H3,(H,17,19)(H,18,20). The van der Waals surface area contributed by atoms with Crippen molar-refractivity contribution < 1.29 is 14.7 Å². The van der Waals surface area contributed by atoms with Crippen molar-refractivity contribution in [2.24, 2.45) is 0 Å². The van der Waals surface area contributed by atoms with Crippen LogP contribution in [0.5, 0.6) is 0 Å². The number of hydrogen-bond donors (Lipinski definition) is 3. The van der Waals surface area contributed by atoms with Gasteiger partial charge in [-0.2, -0.15) is 23.5 Å². The molecule has 1 heterocycles. The van der Waals surface area contributed by atoms with E-state index in [1.807, 2.05) is 6.92 Å². The number of rotatable bonds is 3. The molecule has 2 rings (SSSR count). The maximum Gasteiger partial charge on any atom is 0.313 e. The number of nitrogens with one attached hydrogen (secondary N) is 2. The minimum absolute atomic E-state index is 0.0634. The zero-order valence-electron chi connectivity index (χ0n) is 12.7. The number of carbonyl (C=O) groups excluding carboxylic acids is 2. The Kier molecular flexibility index (Phi) is 6.64. The second-order valence-electron chi connectivity index (χ2n) is 5.43. The molecule has 1 aromatic rings. The predicted molar refractivity (Wildman–Crippen MR) is 97.4 cm³/mol. The van der Waals surface area contributed by atoms with E-state index in [1.165, 1.54) is 0 Å². The second-order valence-corrected chi connectivity index (χ2v) is 8.05. The van der Waals surface area contributed by atoms with Gasteiger partial charge in [-0.25, -0.2) is 0 Å². The van der Waals surface area contributed by atoms with Crippen molar-refractivity contribution >= 4 is 52.6 Å². The molecule has 0 aliphatic carbocycles. The lowest BCUT2D eigenvalue weighted by atomic mass is 10.1. The molecule has 0 aromatic heterocycles. The Hall–Kier alpha value is -0.890. The fourth-order valence-corrected chi connectivity index (χ4v) is 4.68. The number of hydrogen-bond acceptors (Lipinski definition) is 5. The van der Waals surface area contributed by atoms with Gasteiger partial charge in [-0.05, 0) is 24.6 Å². The minimum Gasteiger partial charge on any atom is -0.386 e. The lowest BCUT2D eigenvalue weighted by Crippen LogP contribution is -2.49. The van der Waals surface area contributed by atoms with Gasteiger partial charge in [0, 0.05) is 40.3 Å². The Morgan fingerprint density at radius 2 is 1.91 bits per heavy atom. The summed E-state index contributed by atoms with van der Waals surface area (Å²) >= 11 is 9.29. The molecule has 0 unspecified atom stereocenters. The fraction of sp³-hybridized carbons (Fsp3) is 0.467. The summed E-state index contributed by atoms with van der Waals surface area (Å²) in [6, 6.07) is 5.03. The van der Waals surface area contributed by atoms with E-state index in [-0.39, 0.29) is 6.54 Å². The van der Waals surface area contributed by atoms with Gasteiger partial charge in [0.15, 0.2) is 0 Å². The number of carbonyl (C=O) groups is 2. The molecule has 0 saturated carbocycles. The van der Waals surface area contributed by atoms with Crippen LogP contribution in [0, 0.1) is 6.92 Å². The van der Waals surface area contributed by atoms with E-state index in [9.17, 15) is 14.7 Å². The summed E-state index contributed by atoms with van der Waals surface area (Å²) in [7, 11) is 0. The molecular weight excluding hydrogens is 356 g/mol. The lowest BCUT2D eigenvalue weighted by Gasteiger charge is -2.25. The van der Waals surface area contributed by atoms with Crippen LogP contribution >= 0.6 is 35.1 Å². The Morgan fingerprint density at radius 1 is 1.26 bits per heavy atom. The smallest absolute Gasteiger partial charge is 0.313 e. The first-order valence-corrected chi connectivity index (χ1v) is 9.82. The zero-order chi connectivity index (χ0) is 16.9. The molecule has 1 fully saturated rings. The minimum atomic E-state index is -0.977. The van der Waals surface area contributed by atoms with E-state index in [4.69, 9.17) is 11.6 Å². The highest BCUT2D eigenvalue weighted by molar-refractivity contribution is 8.03. The summed E-state index contributed by atoms with van der Waals surface area (Å²) in [4.78, 5) is 23.8. The summed E-state index contributed by atoms with van der Waals surface area (Å²) in [5.41, 5.74) is 0.370. The van der Waals surface area contributed by atoms with Crippen LogP contribution in [0.15, 0.2) is 18.2 Å². The number of aryl methyl sites for hydroxylation is 1. The Labute approximate surface area is 148 Å². The molecule has 1 aliphatic rings. The Bertz CT molecular complexity index is 590. The van der Waals surface area contributed by atoms with Gasteiger partial charge in [0.1, 0.15) is 0 Å². The van der Waals surface area contributed by atoms with Gasteiger partial charge in [-0.3, -0.25) is 9.59 Å². The van der Waals surface area contributed by atoms with Gasteiger partial charge in [-0.15, -0.1) is 0 Å². The second kappa shape index (κ2) is 8.28. The highest BCUT2D eigenvalue weighted by atomic mass is 35.5. The maximum atomic E-state index is 11.9. The van der Waals surface area contributed by atoms with Gasteiger partial charge < -0.3 is 15.7 Å². The van der Waals surface area contributed by atoms with Crippen molar-refractivity contribution in [1.29, 1.82) is 0 Å². The van der Waals surface area contributed by atoms with Crippen LogP contribution in [0.4, 0.5) is 5.69 Å². The molecule has 23 heavy (non-hydrogen) atoms. The largest absolute Gasteiger partial charge is 0.386 e. The average molecular weight is 375 g/mol. The van der Waals surface area contributed by atoms with E-state index in [1.54, 1.807) is 41.7 Å². The van der Waals surface area contributed by atoms with E-state index in [0.29, 0.717) is 22.2 Å². The van der Waals surface area contributed by atoms with E-state index in [0.717, 1.165) is 17.1 Å². The molecule has 3 N–H and O–H groups in total. The number of anilines is 1. The van der Waals surface area contributed by atoms with Gasteiger partial charge >= 0.3 is 11.8 Å². The van der Waals surface area contributed by atoms with Gasteiger partial charge in [0.2, 0.25) is 0 Å². The van der Waals surface area contributed by atoms with Gasteiger partial charge in [0.25, 0.3) is 0 Å². The summed E-state index contributed by atoms with van der Waals surface area (Å²) in [5, 5.41) is 16.0. The third-order valence-electron chi connectivity index (χ3n) is 3.33. The predicted octanol–water partition coefficient (Wildman–Crippen LogP) is 1.91. The van der Waals surface area contributed by atoms with Crippen LogP contribution in [0.2, 0.25) is 5.02 Å². The normalized spacial score (nSPS) is 17.2. The van der Waals surface area contributed by atoms with E-state index >= 15 is 0 Å². The average Bonchev–Trinajstić information content (AvgIpc) is 2.74. The first-order valence-electron chi connectivity index (χ1n) is 7.13. The molecule has 1 saturated heterocycles. The molecule has 0 atom stereocenters. The first kappa shape index (κ1) is 18.4. The zero-order valence-corrected chi connectivity index (χ0v) is 15.1. The molecule has 0 bridgehead atoms. The van der Waals surface area contributed by atoms with Crippen LogP contribution in [0.25, 0.3) is 0 Å². The number of thioether (sulfide) groups is 2. The van der Waals surface area contributed by atoms with Crippen molar-refractivity contribution in [2.75, 3.05) is 34.9 Å². The summed E-state index contributed by atoms with van der Waals surface area (Å²) in [5.74, 6) is 1.52. The van der Waals surface area contributed by atoms with Crippen molar-refractivity contribution in [3.8, 4) is 0 Å². The van der Waals surface area contributed by atoms with Crippen molar-refractivity contribution in [3.63, 3.8) is 0 Å². The van der Waals surface area contributed by atoms with Crippen LogP contribution in [-0.4, -0.2) is 52.1 Å². The molecule has 0 spiro atoms. The molecule has 2 amide bonds. The van der Waals surface area contributed by atoms with E-state index < -0.39 is 17.4 Å². The molecule has 1 aliphatic heterocycles. The monoisotopic (exact) mass is 374 g/mol. The van der Waals surface area contributed by atoms with Crippen molar-refractivity contribution in [1.82, 2.24) is 5.32 Å². The molecule has 8 heteroatoms. The summed E-state index contributed by atoms with van der Waals surface area (Å²) in [6.07, 6.45) is 0. The molecule has 126 valence electrons. The van der Waals surface area contributed by atoms with Crippen LogP contribution in [0.1, 0.15) is 5.56 Å². The molecule has 1 aromatic carbocycles. The molecular formula is C15H19ClN2O3S2. The van der Waals surface area contributed by atoms with Crippen molar-refractivity contribution in [2.45, 2.75) is 12.5 Å². The van der Waals surface area contributed by atoms with Crippen molar-refractivity contribution in [3.05, 3.63) is 28.8 Å². The molecule has 5 nitrogen and oxygen atoms in total. The summed E-state index contributed by atoms with van der Waals surface area (Å²) in [6.45, 7) is 1.91. The quantitative estimate of drug-likeness (QED) is 0.704. The fourth-order valence-electron chi connectivity index (χ4n) is 1.97. The van der Waals surface area contributed by atoms with Gasteiger partial charge in [0.05, 0.1) is 5.60 Å². The number of benzene rings is 1. The highest BCUT2D eigenvalue weighted by Gasteiger charge is 2.30. The summed E-state index contributed by atoms with van der Waals surface area (Å²) < 4.78 is 0. The van der Waals surface area contributed by atoms with Crippen LogP contribution in [-0.2, 0) is 9.59 Å².